The lowest BCUT2D eigenvalue weighted by molar-refractivity contribution is 0.125. The molecule has 54 heavy (non-hydrogen) atoms. The zero-order valence-electron chi connectivity index (χ0n) is 37.2. The van der Waals surface area contributed by atoms with Crippen molar-refractivity contribution in [3.05, 3.63) is 35.4 Å². The van der Waals surface area contributed by atoms with Crippen molar-refractivity contribution in [1.29, 1.82) is 0 Å². The molecule has 0 saturated carbocycles. The highest BCUT2D eigenvalue weighted by Gasteiger charge is 2.00. The van der Waals surface area contributed by atoms with E-state index in [0.29, 0.717) is 0 Å². The molecule has 0 bridgehead atoms. The van der Waals surface area contributed by atoms with Crippen molar-refractivity contribution in [2.75, 3.05) is 26.4 Å². The van der Waals surface area contributed by atoms with Crippen LogP contribution in [-0.2, 0) is 22.3 Å². The monoisotopic (exact) mass is 755 g/mol. The highest BCUT2D eigenvalue weighted by Crippen LogP contribution is 2.16. The Morgan fingerprint density at radius 3 is 0.648 bits per heavy atom. The zero-order valence-corrected chi connectivity index (χ0v) is 37.2. The van der Waals surface area contributed by atoms with Crippen molar-refractivity contribution in [3.8, 4) is 0 Å². The predicted molar refractivity (Wildman–Crippen MR) is 242 cm³/mol. The number of benzene rings is 1. The van der Waals surface area contributed by atoms with Gasteiger partial charge in [-0.25, -0.2) is 0 Å². The minimum Gasteiger partial charge on any atom is -0.381 e. The molecule has 0 fully saturated rings. The van der Waals surface area contributed by atoms with Crippen LogP contribution < -0.4 is 0 Å². The molecular formula is C52H98O2. The molecule has 0 saturated heterocycles. The molecule has 318 valence electrons. The van der Waals surface area contributed by atoms with Gasteiger partial charge < -0.3 is 9.47 Å². The molecule has 0 N–H and O–H groups in total. The summed E-state index contributed by atoms with van der Waals surface area (Å²) in [7, 11) is 0. The topological polar surface area (TPSA) is 18.5 Å². The maximum atomic E-state index is 5.89. The van der Waals surface area contributed by atoms with Crippen LogP contribution in [0.1, 0.15) is 269 Å². The van der Waals surface area contributed by atoms with Gasteiger partial charge in [-0.05, 0) is 62.5 Å². The Morgan fingerprint density at radius 2 is 0.426 bits per heavy atom. The number of rotatable bonds is 46. The number of aryl methyl sites for hydroxylation is 2. The largest absolute Gasteiger partial charge is 0.381 e. The second-order valence-electron chi connectivity index (χ2n) is 17.3. The Hall–Kier alpha value is -0.860. The number of ether oxygens (including phenoxy) is 2. The lowest BCUT2D eigenvalue weighted by atomic mass is 10.0. The molecule has 0 aliphatic heterocycles. The fourth-order valence-electron chi connectivity index (χ4n) is 8.00. The van der Waals surface area contributed by atoms with Gasteiger partial charge in [-0.15, -0.1) is 0 Å². The van der Waals surface area contributed by atoms with Crippen LogP contribution in [0.15, 0.2) is 24.3 Å². The standard InChI is InChI=1S/C52H98O2/c1-3-5-7-9-11-13-15-19-25-31-37-47-53-49-39-33-27-21-17-23-29-35-41-51-43-45-52(46-44-51)42-36-30-24-18-22-28-34-40-50-54-48-38-32-26-20-16-14-12-10-8-6-4-2/h43-46H,3-42,47-50H2,1-2H3. The van der Waals surface area contributed by atoms with Crippen molar-refractivity contribution in [3.63, 3.8) is 0 Å². The van der Waals surface area contributed by atoms with E-state index in [0.717, 1.165) is 26.4 Å². The van der Waals surface area contributed by atoms with Crippen molar-refractivity contribution >= 4 is 0 Å². The average molecular weight is 755 g/mol. The van der Waals surface area contributed by atoms with Crippen LogP contribution in [0.2, 0.25) is 0 Å². The van der Waals surface area contributed by atoms with Crippen LogP contribution in [0, 0.1) is 0 Å². The summed E-state index contributed by atoms with van der Waals surface area (Å²) in [5.41, 5.74) is 3.07. The molecule has 0 atom stereocenters. The van der Waals surface area contributed by atoms with E-state index < -0.39 is 0 Å². The Labute approximate surface area is 340 Å². The summed E-state index contributed by atoms with van der Waals surface area (Å²) >= 11 is 0. The molecule has 1 rings (SSSR count). The van der Waals surface area contributed by atoms with Gasteiger partial charge in [0, 0.05) is 26.4 Å². The Morgan fingerprint density at radius 1 is 0.241 bits per heavy atom. The molecule has 0 unspecified atom stereocenters. The summed E-state index contributed by atoms with van der Waals surface area (Å²) in [5.74, 6) is 0. The Bertz CT molecular complexity index is 736. The van der Waals surface area contributed by atoms with E-state index in [1.54, 1.807) is 0 Å². The molecule has 0 heterocycles. The van der Waals surface area contributed by atoms with E-state index in [-0.39, 0.29) is 0 Å². The van der Waals surface area contributed by atoms with Crippen LogP contribution in [0.25, 0.3) is 0 Å². The molecule has 0 aliphatic carbocycles. The van der Waals surface area contributed by atoms with Crippen LogP contribution in [-0.4, -0.2) is 26.4 Å². The molecular weight excluding hydrogens is 657 g/mol. The lowest BCUT2D eigenvalue weighted by Crippen LogP contribution is -1.97. The molecule has 1 aromatic carbocycles. The van der Waals surface area contributed by atoms with Crippen LogP contribution >= 0.6 is 0 Å². The van der Waals surface area contributed by atoms with Gasteiger partial charge in [-0.2, -0.15) is 0 Å². The van der Waals surface area contributed by atoms with Gasteiger partial charge in [0.2, 0.25) is 0 Å². The summed E-state index contributed by atoms with van der Waals surface area (Å²) in [6.45, 7) is 8.52. The summed E-state index contributed by atoms with van der Waals surface area (Å²) in [6.07, 6.45) is 55.4. The lowest BCUT2D eigenvalue weighted by Gasteiger charge is -2.06. The molecule has 2 heteroatoms. The van der Waals surface area contributed by atoms with Gasteiger partial charge in [0.25, 0.3) is 0 Å². The van der Waals surface area contributed by atoms with Crippen molar-refractivity contribution in [1.82, 2.24) is 0 Å². The SMILES string of the molecule is CCCCCCCCCCCCCOCCCCCCCCCCc1ccc(CCCCCCCCCCOCCCCCCCCCCCCC)cc1. The van der Waals surface area contributed by atoms with E-state index in [1.165, 1.54) is 268 Å². The van der Waals surface area contributed by atoms with Crippen LogP contribution in [0.4, 0.5) is 0 Å². The van der Waals surface area contributed by atoms with E-state index in [2.05, 4.69) is 38.1 Å². The zero-order chi connectivity index (χ0) is 38.5. The molecule has 0 aliphatic rings. The first kappa shape index (κ1) is 51.2. The van der Waals surface area contributed by atoms with Gasteiger partial charge in [0.05, 0.1) is 0 Å². The summed E-state index contributed by atoms with van der Waals surface area (Å²) in [5, 5.41) is 0. The third-order valence-corrected chi connectivity index (χ3v) is 11.8. The van der Waals surface area contributed by atoms with Crippen molar-refractivity contribution in [2.45, 2.75) is 271 Å². The normalized spacial score (nSPS) is 11.6. The Kier molecular flexibility index (Phi) is 42.5. The Balaban J connectivity index is 1.75. The summed E-state index contributed by atoms with van der Waals surface area (Å²) < 4.78 is 11.8. The first-order valence-corrected chi connectivity index (χ1v) is 25.1. The smallest absolute Gasteiger partial charge is 0.0466 e. The van der Waals surface area contributed by atoms with Gasteiger partial charge in [0.1, 0.15) is 0 Å². The fraction of sp³-hybridized carbons (Fsp3) is 0.885. The quantitative estimate of drug-likeness (QED) is 0.0617. The van der Waals surface area contributed by atoms with E-state index in [4.69, 9.17) is 9.47 Å². The molecule has 0 spiro atoms. The second kappa shape index (κ2) is 44.8. The predicted octanol–water partition coefficient (Wildman–Crippen LogP) is 17.7. The molecule has 0 aromatic heterocycles. The highest BCUT2D eigenvalue weighted by atomic mass is 16.5. The molecule has 0 radical (unpaired) electrons. The molecule has 2 nitrogen and oxygen atoms in total. The highest BCUT2D eigenvalue weighted by molar-refractivity contribution is 5.22. The van der Waals surface area contributed by atoms with Gasteiger partial charge in [-0.1, -0.05) is 244 Å². The third-order valence-electron chi connectivity index (χ3n) is 11.8. The van der Waals surface area contributed by atoms with E-state index >= 15 is 0 Å². The number of hydrogen-bond donors (Lipinski definition) is 0. The first-order chi connectivity index (χ1) is 26.9. The van der Waals surface area contributed by atoms with Crippen LogP contribution in [0.3, 0.4) is 0 Å². The van der Waals surface area contributed by atoms with Crippen LogP contribution in [0.5, 0.6) is 0 Å². The average Bonchev–Trinajstić information content (AvgIpc) is 3.19. The van der Waals surface area contributed by atoms with Gasteiger partial charge in [0.15, 0.2) is 0 Å². The first-order valence-electron chi connectivity index (χ1n) is 25.1. The minimum absolute atomic E-state index is 0.979. The van der Waals surface area contributed by atoms with Gasteiger partial charge in [-0.3, -0.25) is 0 Å². The number of hydrogen-bond acceptors (Lipinski definition) is 2. The third kappa shape index (κ3) is 39.4. The summed E-state index contributed by atoms with van der Waals surface area (Å²) in [4.78, 5) is 0. The fourth-order valence-corrected chi connectivity index (χ4v) is 8.00. The molecule has 0 amide bonds. The van der Waals surface area contributed by atoms with E-state index in [1.807, 2.05) is 0 Å². The maximum Gasteiger partial charge on any atom is 0.0466 e. The summed E-state index contributed by atoms with van der Waals surface area (Å²) in [6, 6.07) is 9.60. The maximum absolute atomic E-state index is 5.89. The number of unbranched alkanes of at least 4 members (excludes halogenated alkanes) is 34. The van der Waals surface area contributed by atoms with Crippen molar-refractivity contribution in [2.24, 2.45) is 0 Å². The van der Waals surface area contributed by atoms with Crippen molar-refractivity contribution < 1.29 is 9.47 Å². The second-order valence-corrected chi connectivity index (χ2v) is 17.3. The molecule has 1 aromatic rings. The minimum atomic E-state index is 0.979. The van der Waals surface area contributed by atoms with E-state index in [9.17, 15) is 0 Å². The van der Waals surface area contributed by atoms with Gasteiger partial charge >= 0.3 is 0 Å².